The van der Waals surface area contributed by atoms with Crippen molar-refractivity contribution in [2.24, 2.45) is 11.8 Å². The van der Waals surface area contributed by atoms with E-state index >= 15 is 0 Å². The van der Waals surface area contributed by atoms with E-state index in [1.807, 2.05) is 16.6 Å². The summed E-state index contributed by atoms with van der Waals surface area (Å²) in [6.07, 6.45) is 4.80. The molecule has 1 aliphatic carbocycles. The maximum Gasteiger partial charge on any atom is 0.258 e. The quantitative estimate of drug-likeness (QED) is 0.409. The molecule has 2 fully saturated rings. The van der Waals surface area contributed by atoms with Gasteiger partial charge in [0.1, 0.15) is 27.8 Å². The molecule has 3 aromatic rings. The highest BCUT2D eigenvalue weighted by Crippen LogP contribution is 2.46. The van der Waals surface area contributed by atoms with Crippen molar-refractivity contribution in [3.63, 3.8) is 0 Å². The number of aromatic nitrogens is 2. The van der Waals surface area contributed by atoms with Crippen molar-refractivity contribution < 1.29 is 23.7 Å². The first-order valence-electron chi connectivity index (χ1n) is 11.8. The van der Waals surface area contributed by atoms with Gasteiger partial charge in [-0.25, -0.2) is 4.52 Å². The predicted molar refractivity (Wildman–Crippen MR) is 133 cm³/mol. The predicted octanol–water partition coefficient (Wildman–Crippen LogP) is 4.74. The highest BCUT2D eigenvalue weighted by molar-refractivity contribution is 7.16. The molecule has 9 heteroatoms. The summed E-state index contributed by atoms with van der Waals surface area (Å²) in [5, 5.41) is 7.01. The standard InChI is InChI=1S/C25H33N3O5S/c1-29-18-11-20(30-2)22(21(12-18)31-3)19-15-34-25-23(24(32-4)26-28(19)25)27(13-16-5-6-16)14-17-7-9-33-10-8-17/h11-12,15-17H,5-10,13-14H2,1-4H3. The van der Waals surface area contributed by atoms with Gasteiger partial charge in [-0.05, 0) is 37.5 Å². The number of thiazole rings is 1. The van der Waals surface area contributed by atoms with E-state index in [0.29, 0.717) is 29.0 Å². The molecular formula is C25H33N3O5S. The SMILES string of the molecule is COc1cc(OC)c(-c2csc3c(N(CC4CCOCC4)CC4CC4)c(OC)nn23)c(OC)c1. The molecule has 0 unspecified atom stereocenters. The number of anilines is 1. The van der Waals surface area contributed by atoms with Gasteiger partial charge >= 0.3 is 0 Å². The minimum Gasteiger partial charge on any atom is -0.496 e. The lowest BCUT2D eigenvalue weighted by molar-refractivity contribution is 0.0681. The molecule has 1 saturated heterocycles. The van der Waals surface area contributed by atoms with E-state index < -0.39 is 0 Å². The van der Waals surface area contributed by atoms with Crippen LogP contribution in [0.4, 0.5) is 5.69 Å². The van der Waals surface area contributed by atoms with E-state index in [4.69, 9.17) is 28.8 Å². The Hall–Kier alpha value is -2.65. The second kappa shape index (κ2) is 9.92. The van der Waals surface area contributed by atoms with Crippen molar-refractivity contribution in [3.8, 4) is 34.4 Å². The molecule has 0 spiro atoms. The van der Waals surface area contributed by atoms with Crippen LogP contribution in [0.15, 0.2) is 17.5 Å². The largest absolute Gasteiger partial charge is 0.496 e. The molecule has 2 aromatic heterocycles. The molecule has 1 aromatic carbocycles. The van der Waals surface area contributed by atoms with Crippen LogP contribution < -0.4 is 23.8 Å². The van der Waals surface area contributed by atoms with Crippen molar-refractivity contribution in [2.45, 2.75) is 25.7 Å². The molecule has 0 atom stereocenters. The Morgan fingerprint density at radius 3 is 2.15 bits per heavy atom. The third-order valence-electron chi connectivity index (χ3n) is 6.77. The first kappa shape index (κ1) is 23.1. The molecule has 5 rings (SSSR count). The lowest BCUT2D eigenvalue weighted by Crippen LogP contribution is -2.34. The van der Waals surface area contributed by atoms with Gasteiger partial charge in [-0.1, -0.05) is 0 Å². The molecule has 0 N–H and O–H groups in total. The topological polar surface area (TPSA) is 66.7 Å². The molecule has 0 bridgehead atoms. The molecule has 8 nitrogen and oxygen atoms in total. The normalized spacial score (nSPS) is 16.6. The number of hydrogen-bond acceptors (Lipinski definition) is 8. The lowest BCUT2D eigenvalue weighted by Gasteiger charge is -2.31. The summed E-state index contributed by atoms with van der Waals surface area (Å²) >= 11 is 1.67. The van der Waals surface area contributed by atoms with Crippen molar-refractivity contribution in [3.05, 3.63) is 17.5 Å². The molecule has 0 radical (unpaired) electrons. The summed E-state index contributed by atoms with van der Waals surface area (Å²) in [6.45, 7) is 3.74. The molecule has 184 valence electrons. The third kappa shape index (κ3) is 4.38. The van der Waals surface area contributed by atoms with Crippen LogP contribution in [-0.4, -0.2) is 64.4 Å². The van der Waals surface area contributed by atoms with Gasteiger partial charge in [0, 0.05) is 43.8 Å². The molecule has 1 saturated carbocycles. The van der Waals surface area contributed by atoms with Crippen LogP contribution in [0.1, 0.15) is 25.7 Å². The van der Waals surface area contributed by atoms with Crippen molar-refractivity contribution in [1.29, 1.82) is 0 Å². The second-order valence-corrected chi connectivity index (χ2v) is 9.86. The van der Waals surface area contributed by atoms with Gasteiger partial charge in [-0.2, -0.15) is 0 Å². The van der Waals surface area contributed by atoms with Crippen LogP contribution >= 0.6 is 11.3 Å². The smallest absolute Gasteiger partial charge is 0.258 e. The fourth-order valence-corrected chi connectivity index (χ4v) is 5.75. The molecule has 0 amide bonds. The number of hydrogen-bond donors (Lipinski definition) is 0. The van der Waals surface area contributed by atoms with Gasteiger partial charge in [-0.3, -0.25) is 0 Å². The number of rotatable bonds is 10. The van der Waals surface area contributed by atoms with Crippen LogP contribution in [0, 0.1) is 11.8 Å². The Morgan fingerprint density at radius 2 is 1.59 bits per heavy atom. The Balaban J connectivity index is 1.60. The first-order valence-corrected chi connectivity index (χ1v) is 12.7. The van der Waals surface area contributed by atoms with Crippen molar-refractivity contribution in [2.75, 3.05) is 59.6 Å². The zero-order chi connectivity index (χ0) is 23.7. The lowest BCUT2D eigenvalue weighted by atomic mass is 9.99. The van der Waals surface area contributed by atoms with Gasteiger partial charge in [0.05, 0.1) is 39.7 Å². The van der Waals surface area contributed by atoms with Gasteiger partial charge in [-0.15, -0.1) is 16.4 Å². The molecule has 2 aliphatic rings. The summed E-state index contributed by atoms with van der Waals surface area (Å²) in [4.78, 5) is 3.58. The number of nitrogens with zero attached hydrogens (tertiary/aromatic N) is 3. The zero-order valence-electron chi connectivity index (χ0n) is 20.3. The minimum atomic E-state index is 0.619. The van der Waals surface area contributed by atoms with E-state index in [0.717, 1.165) is 66.8 Å². The first-order chi connectivity index (χ1) is 16.7. The number of ether oxygens (including phenoxy) is 5. The maximum absolute atomic E-state index is 5.83. The van der Waals surface area contributed by atoms with Crippen LogP contribution in [0.3, 0.4) is 0 Å². The summed E-state index contributed by atoms with van der Waals surface area (Å²) in [6, 6.07) is 3.74. The summed E-state index contributed by atoms with van der Waals surface area (Å²) in [7, 11) is 6.64. The molecular weight excluding hydrogens is 454 g/mol. The fourth-order valence-electron chi connectivity index (χ4n) is 4.75. The van der Waals surface area contributed by atoms with E-state index in [2.05, 4.69) is 10.3 Å². The minimum absolute atomic E-state index is 0.619. The summed E-state index contributed by atoms with van der Waals surface area (Å²) in [5.74, 6) is 4.05. The highest BCUT2D eigenvalue weighted by Gasteiger charge is 2.32. The van der Waals surface area contributed by atoms with E-state index in [1.165, 1.54) is 12.8 Å². The maximum atomic E-state index is 5.83. The molecule has 34 heavy (non-hydrogen) atoms. The van der Waals surface area contributed by atoms with E-state index in [9.17, 15) is 0 Å². The fraction of sp³-hybridized carbons (Fsp3) is 0.560. The highest BCUT2D eigenvalue weighted by atomic mass is 32.1. The number of fused-ring (bicyclic) bond motifs is 1. The average molecular weight is 488 g/mol. The third-order valence-corrected chi connectivity index (χ3v) is 7.71. The van der Waals surface area contributed by atoms with Crippen molar-refractivity contribution in [1.82, 2.24) is 9.61 Å². The van der Waals surface area contributed by atoms with Crippen LogP contribution in [0.25, 0.3) is 16.1 Å². The van der Waals surface area contributed by atoms with E-state index in [-0.39, 0.29) is 0 Å². The number of benzene rings is 1. The molecule has 1 aliphatic heterocycles. The average Bonchev–Trinajstić information content (AvgIpc) is 3.49. The summed E-state index contributed by atoms with van der Waals surface area (Å²) in [5.41, 5.74) is 2.83. The number of methoxy groups -OCH3 is 4. The Labute approximate surface area is 204 Å². The van der Waals surface area contributed by atoms with Gasteiger partial charge in [0.25, 0.3) is 5.88 Å². The van der Waals surface area contributed by atoms with Crippen molar-refractivity contribution >= 4 is 21.9 Å². The van der Waals surface area contributed by atoms with Gasteiger partial charge in [0.15, 0.2) is 0 Å². The van der Waals surface area contributed by atoms with E-state index in [1.54, 1.807) is 39.8 Å². The summed E-state index contributed by atoms with van der Waals surface area (Å²) < 4.78 is 30.3. The monoisotopic (exact) mass is 487 g/mol. The Morgan fingerprint density at radius 1 is 0.941 bits per heavy atom. The van der Waals surface area contributed by atoms with Crippen LogP contribution in [0.5, 0.6) is 23.1 Å². The Kier molecular flexibility index (Phi) is 6.74. The molecule has 3 heterocycles. The van der Waals surface area contributed by atoms with Crippen LogP contribution in [0.2, 0.25) is 0 Å². The van der Waals surface area contributed by atoms with Crippen LogP contribution in [-0.2, 0) is 4.74 Å². The van der Waals surface area contributed by atoms with Gasteiger partial charge in [0.2, 0.25) is 0 Å². The van der Waals surface area contributed by atoms with Gasteiger partial charge < -0.3 is 28.6 Å². The second-order valence-electron chi connectivity index (χ2n) is 9.01. The Bertz CT molecular complexity index is 1110. The zero-order valence-corrected chi connectivity index (χ0v) is 21.2.